The molecule has 0 unspecified atom stereocenters. The molecule has 8 aromatic rings. The molecule has 0 aliphatic heterocycles. The highest BCUT2D eigenvalue weighted by Crippen LogP contribution is 2.45. The van der Waals surface area contributed by atoms with Crippen LogP contribution in [0.3, 0.4) is 0 Å². The molecule has 0 atom stereocenters. The van der Waals surface area contributed by atoms with Crippen LogP contribution in [0.4, 0.5) is 0 Å². The standard InChI is InChI=1S/C34H20S4/c1-3-7-29-23(5-1)19-25(35-29)13-9-21-11-15-27-31(17-21)37-34-28-16-12-22(18-32(28)38-33(27)34)10-14-26-20-24-6-2-4-8-30(24)36-26/h1-20H/b13-9+,14-10+. The van der Waals surface area contributed by atoms with Crippen LogP contribution < -0.4 is 0 Å². The number of benzene rings is 4. The van der Waals surface area contributed by atoms with Crippen LogP contribution in [-0.4, -0.2) is 0 Å². The van der Waals surface area contributed by atoms with Crippen molar-refractivity contribution in [3.63, 3.8) is 0 Å². The molecule has 0 spiro atoms. The Morgan fingerprint density at radius 3 is 1.34 bits per heavy atom. The minimum absolute atomic E-state index is 1.25. The average molecular weight is 557 g/mol. The molecule has 4 aromatic heterocycles. The minimum atomic E-state index is 1.25. The predicted molar refractivity (Wildman–Crippen MR) is 176 cm³/mol. The first kappa shape index (κ1) is 22.4. The molecule has 4 heteroatoms. The van der Waals surface area contributed by atoms with Gasteiger partial charge >= 0.3 is 0 Å². The molecule has 0 aliphatic carbocycles. The van der Waals surface area contributed by atoms with E-state index in [1.54, 1.807) is 0 Å². The maximum Gasteiger partial charge on any atom is 0.0542 e. The van der Waals surface area contributed by atoms with Gasteiger partial charge in [0.15, 0.2) is 0 Å². The van der Waals surface area contributed by atoms with Gasteiger partial charge in [-0.25, -0.2) is 0 Å². The van der Waals surface area contributed by atoms with Crippen LogP contribution >= 0.6 is 45.3 Å². The Morgan fingerprint density at radius 2 is 0.868 bits per heavy atom. The molecule has 0 radical (unpaired) electrons. The first-order valence-corrected chi connectivity index (χ1v) is 15.8. The summed E-state index contributed by atoms with van der Waals surface area (Å²) in [5.41, 5.74) is 2.50. The molecule has 0 N–H and O–H groups in total. The summed E-state index contributed by atoms with van der Waals surface area (Å²) < 4.78 is 8.22. The first-order chi connectivity index (χ1) is 18.8. The number of fused-ring (bicyclic) bond motifs is 7. The summed E-state index contributed by atoms with van der Waals surface area (Å²) in [6.45, 7) is 0. The molecule has 8 rings (SSSR count). The van der Waals surface area contributed by atoms with Gasteiger partial charge in [0, 0.05) is 39.3 Å². The fourth-order valence-corrected chi connectivity index (χ4v) is 9.71. The van der Waals surface area contributed by atoms with Crippen molar-refractivity contribution in [2.45, 2.75) is 0 Å². The lowest BCUT2D eigenvalue weighted by molar-refractivity contribution is 1.78. The van der Waals surface area contributed by atoms with Gasteiger partial charge in [-0.05, 0) is 70.4 Å². The molecule has 4 heterocycles. The Balaban J connectivity index is 1.10. The molecular formula is C34H20S4. The maximum atomic E-state index is 2.34. The zero-order chi connectivity index (χ0) is 25.1. The molecular weight excluding hydrogens is 537 g/mol. The Hall–Kier alpha value is -3.54. The smallest absolute Gasteiger partial charge is 0.0542 e. The second kappa shape index (κ2) is 9.04. The topological polar surface area (TPSA) is 0 Å². The predicted octanol–water partition coefficient (Wildman–Crippen LogP) is 12.0. The Kier molecular flexibility index (Phi) is 5.34. The molecule has 38 heavy (non-hydrogen) atoms. The Morgan fingerprint density at radius 1 is 0.395 bits per heavy atom. The van der Waals surface area contributed by atoms with E-state index in [-0.39, 0.29) is 0 Å². The van der Waals surface area contributed by atoms with E-state index in [1.807, 2.05) is 45.3 Å². The second-order valence-corrected chi connectivity index (χ2v) is 13.7. The summed E-state index contributed by atoms with van der Waals surface area (Å²) >= 11 is 7.53. The van der Waals surface area contributed by atoms with E-state index in [4.69, 9.17) is 0 Å². The number of hydrogen-bond acceptors (Lipinski definition) is 4. The van der Waals surface area contributed by atoms with Crippen molar-refractivity contribution in [3.05, 3.63) is 118 Å². The zero-order valence-electron chi connectivity index (χ0n) is 20.2. The molecule has 4 aromatic carbocycles. The fourth-order valence-electron chi connectivity index (χ4n) is 5.02. The van der Waals surface area contributed by atoms with Crippen molar-refractivity contribution in [3.8, 4) is 0 Å². The third-order valence-electron chi connectivity index (χ3n) is 6.90. The van der Waals surface area contributed by atoms with E-state index in [0.717, 1.165) is 0 Å². The van der Waals surface area contributed by atoms with E-state index in [0.29, 0.717) is 0 Å². The van der Waals surface area contributed by atoms with Gasteiger partial charge in [0.2, 0.25) is 0 Å². The van der Waals surface area contributed by atoms with Gasteiger partial charge in [-0.15, -0.1) is 45.3 Å². The maximum absolute atomic E-state index is 2.34. The number of thiophene rings is 4. The lowest BCUT2D eigenvalue weighted by atomic mass is 10.1. The first-order valence-electron chi connectivity index (χ1n) is 12.5. The average Bonchev–Trinajstić information content (AvgIpc) is 3.71. The highest BCUT2D eigenvalue weighted by molar-refractivity contribution is 7.36. The Bertz CT molecular complexity index is 1970. The number of rotatable bonds is 4. The van der Waals surface area contributed by atoms with Crippen LogP contribution in [0.15, 0.2) is 97.1 Å². The lowest BCUT2D eigenvalue weighted by Gasteiger charge is -1.96. The van der Waals surface area contributed by atoms with E-state index in [2.05, 4.69) is 121 Å². The molecule has 0 fully saturated rings. The van der Waals surface area contributed by atoms with Crippen molar-refractivity contribution in [1.29, 1.82) is 0 Å². The third kappa shape index (κ3) is 3.93. The summed E-state index contributed by atoms with van der Waals surface area (Å²) in [5.74, 6) is 0. The molecule has 0 aliphatic rings. The zero-order valence-corrected chi connectivity index (χ0v) is 23.4. The van der Waals surface area contributed by atoms with Crippen molar-refractivity contribution >= 4 is 119 Å². The van der Waals surface area contributed by atoms with E-state index in [1.165, 1.54) is 70.6 Å². The van der Waals surface area contributed by atoms with Crippen LogP contribution in [0.2, 0.25) is 0 Å². The summed E-state index contributed by atoms with van der Waals surface area (Å²) in [6.07, 6.45) is 8.96. The summed E-state index contributed by atoms with van der Waals surface area (Å²) in [6, 6.07) is 35.5. The van der Waals surface area contributed by atoms with Crippen molar-refractivity contribution in [2.24, 2.45) is 0 Å². The van der Waals surface area contributed by atoms with Crippen molar-refractivity contribution in [1.82, 2.24) is 0 Å². The largest absolute Gasteiger partial charge is 0.136 e. The molecule has 0 bridgehead atoms. The van der Waals surface area contributed by atoms with Crippen LogP contribution in [0.5, 0.6) is 0 Å². The van der Waals surface area contributed by atoms with Crippen LogP contribution in [0.1, 0.15) is 20.9 Å². The number of hydrogen-bond donors (Lipinski definition) is 0. The SMILES string of the molecule is C(=C\c1cc2ccccc2s1)/c1ccc2c(c1)sc1c3ccc(/C=C/c4cc5ccccc5s4)cc3sc21. The van der Waals surface area contributed by atoms with Gasteiger partial charge in [0.25, 0.3) is 0 Å². The van der Waals surface area contributed by atoms with Gasteiger partial charge in [0.1, 0.15) is 0 Å². The highest BCUT2D eigenvalue weighted by Gasteiger charge is 2.12. The fraction of sp³-hybridized carbons (Fsp3) is 0. The van der Waals surface area contributed by atoms with Gasteiger partial charge < -0.3 is 0 Å². The summed E-state index contributed by atoms with van der Waals surface area (Å²) in [5, 5.41) is 5.37. The normalized spacial score (nSPS) is 12.5. The summed E-state index contributed by atoms with van der Waals surface area (Å²) in [7, 11) is 0. The highest BCUT2D eigenvalue weighted by atomic mass is 32.1. The molecule has 180 valence electrons. The minimum Gasteiger partial charge on any atom is -0.136 e. The van der Waals surface area contributed by atoms with Crippen LogP contribution in [0, 0.1) is 0 Å². The lowest BCUT2D eigenvalue weighted by Crippen LogP contribution is -1.71. The van der Waals surface area contributed by atoms with Crippen LogP contribution in [0.25, 0.3) is 74.0 Å². The third-order valence-corrected chi connectivity index (χ3v) is 11.6. The van der Waals surface area contributed by atoms with E-state index >= 15 is 0 Å². The monoisotopic (exact) mass is 556 g/mol. The van der Waals surface area contributed by atoms with Gasteiger partial charge in [0.05, 0.1) is 9.40 Å². The summed E-state index contributed by atoms with van der Waals surface area (Å²) in [4.78, 5) is 2.59. The second-order valence-electron chi connectivity index (χ2n) is 9.41. The molecule has 0 saturated carbocycles. The van der Waals surface area contributed by atoms with Crippen molar-refractivity contribution < 1.29 is 0 Å². The molecule has 0 amide bonds. The van der Waals surface area contributed by atoms with E-state index in [9.17, 15) is 0 Å². The quantitative estimate of drug-likeness (QED) is 0.202. The van der Waals surface area contributed by atoms with Crippen molar-refractivity contribution in [2.75, 3.05) is 0 Å². The van der Waals surface area contributed by atoms with Gasteiger partial charge in [-0.2, -0.15) is 0 Å². The molecule has 0 saturated heterocycles. The van der Waals surface area contributed by atoms with Crippen LogP contribution in [-0.2, 0) is 0 Å². The van der Waals surface area contributed by atoms with Gasteiger partial charge in [-0.1, -0.05) is 72.8 Å². The van der Waals surface area contributed by atoms with E-state index < -0.39 is 0 Å². The molecule has 0 nitrogen and oxygen atoms in total. The Labute approximate surface area is 236 Å². The van der Waals surface area contributed by atoms with Gasteiger partial charge in [-0.3, -0.25) is 0 Å².